The number of hydrogen-bond acceptors (Lipinski definition) is 9. The fraction of sp³-hybridized carbons (Fsp3) is 0.485. The van der Waals surface area contributed by atoms with Crippen LogP contribution in [0.4, 0.5) is 0 Å². The van der Waals surface area contributed by atoms with E-state index in [9.17, 15) is 24.3 Å². The Bertz CT molecular complexity index is 1470. The van der Waals surface area contributed by atoms with Crippen molar-refractivity contribution in [1.82, 2.24) is 26.1 Å². The average Bonchev–Trinajstić information content (AvgIpc) is 3.04. The Morgan fingerprint density at radius 1 is 1.15 bits per heavy atom. The topological polar surface area (TPSA) is 159 Å². The summed E-state index contributed by atoms with van der Waals surface area (Å²) in [6.07, 6.45) is 2.35. The van der Waals surface area contributed by atoms with Crippen LogP contribution in [0.1, 0.15) is 63.0 Å². The van der Waals surface area contributed by atoms with Crippen LogP contribution in [0.25, 0.3) is 11.1 Å². The number of nitrogens with one attached hydrogen (secondary N) is 3. The highest BCUT2D eigenvalue weighted by Crippen LogP contribution is 2.27. The second-order valence-corrected chi connectivity index (χ2v) is 14.2. The van der Waals surface area contributed by atoms with Crippen molar-refractivity contribution < 1.29 is 33.8 Å². The van der Waals surface area contributed by atoms with E-state index in [0.717, 1.165) is 22.3 Å². The van der Waals surface area contributed by atoms with Gasteiger partial charge in [0.25, 0.3) is 5.91 Å². The van der Waals surface area contributed by atoms with E-state index in [1.165, 1.54) is 11.9 Å². The molecule has 1 aromatic heterocycles. The Morgan fingerprint density at radius 3 is 2.48 bits per heavy atom. The molecule has 2 heterocycles. The van der Waals surface area contributed by atoms with E-state index in [0.29, 0.717) is 43.7 Å². The van der Waals surface area contributed by atoms with Crippen molar-refractivity contribution in [3.8, 4) is 11.1 Å². The molecule has 0 bridgehead atoms. The van der Waals surface area contributed by atoms with Crippen LogP contribution < -0.4 is 16.1 Å². The number of carbonyl (C=O) groups excluding carboxylic acids is 4. The van der Waals surface area contributed by atoms with Crippen LogP contribution in [-0.4, -0.2) is 81.0 Å². The number of pyridine rings is 1. The summed E-state index contributed by atoms with van der Waals surface area (Å²) in [6.45, 7) is 8.89. The highest BCUT2D eigenvalue weighted by molar-refractivity contribution is 6.67. The number of aliphatic hydroxyl groups excluding tert-OH is 1. The molecule has 1 saturated heterocycles. The molecule has 0 spiro atoms. The lowest BCUT2D eigenvalue weighted by atomic mass is 9.98. The lowest BCUT2D eigenvalue weighted by Crippen LogP contribution is -2.60. The third kappa shape index (κ3) is 12.0. The quantitative estimate of drug-likeness (QED) is 0.129. The zero-order valence-electron chi connectivity index (χ0n) is 27.4. The molecule has 4 atom stereocenters. The van der Waals surface area contributed by atoms with Crippen LogP contribution in [0.2, 0.25) is 0 Å². The molecule has 4 N–H and O–H groups in total. The number of hydrogen-bond donors (Lipinski definition) is 4. The minimum Gasteiger partial charge on any atom is -0.460 e. The molecule has 262 valence electrons. The summed E-state index contributed by atoms with van der Waals surface area (Å²) in [7, 11) is 1.61. The monoisotopic (exact) mass is 725 g/mol. The number of methoxy groups -OCH3 is 1. The van der Waals surface area contributed by atoms with Gasteiger partial charge in [-0.3, -0.25) is 29.2 Å². The summed E-state index contributed by atoms with van der Waals surface area (Å²) in [6, 6.07) is 6.59. The first-order valence-corrected chi connectivity index (χ1v) is 16.5. The van der Waals surface area contributed by atoms with E-state index in [4.69, 9.17) is 44.3 Å². The standard InChI is InChI=1S/C33H42Cl3N5O7/c1-19(2)29(30(44)38-20(3)31(45)41-12-6-7-27(40-41)32(46)48-18-33(34,35)36)39-28(43)11-10-26-9-8-23(16-37-26)25-14-22(17-47-5)13-24(15-25)21(4)42/h8-9,13-16,20-21,27,29,40,42H,1,6-7,10-12,17-18H2,2-5H3,(H,38,44)(H,39,43)/t20-,21+,27-,29-/m0/s1. The number of ether oxygens (including phenoxy) is 2. The van der Waals surface area contributed by atoms with Gasteiger partial charge in [-0.25, -0.2) is 5.43 Å². The van der Waals surface area contributed by atoms with Gasteiger partial charge in [0, 0.05) is 37.5 Å². The average molecular weight is 727 g/mol. The van der Waals surface area contributed by atoms with Gasteiger partial charge < -0.3 is 25.2 Å². The normalized spacial score (nSPS) is 16.8. The number of carbonyl (C=O) groups is 4. The number of amides is 3. The minimum absolute atomic E-state index is 0.0564. The number of nitrogens with zero attached hydrogens (tertiary/aromatic N) is 2. The van der Waals surface area contributed by atoms with Crippen LogP contribution in [-0.2, 0) is 41.7 Å². The van der Waals surface area contributed by atoms with E-state index >= 15 is 0 Å². The van der Waals surface area contributed by atoms with Gasteiger partial charge in [-0.15, -0.1) is 0 Å². The summed E-state index contributed by atoms with van der Waals surface area (Å²) in [5.74, 6) is -2.17. The summed E-state index contributed by atoms with van der Waals surface area (Å²) >= 11 is 16.9. The number of rotatable bonds is 14. The molecule has 0 aliphatic carbocycles. The van der Waals surface area contributed by atoms with Gasteiger partial charge in [0.1, 0.15) is 24.7 Å². The molecule has 12 nitrogen and oxygen atoms in total. The van der Waals surface area contributed by atoms with E-state index in [2.05, 4.69) is 27.6 Å². The van der Waals surface area contributed by atoms with Crippen molar-refractivity contribution in [2.24, 2.45) is 0 Å². The molecular formula is C33H42Cl3N5O7. The van der Waals surface area contributed by atoms with Crippen LogP contribution in [0, 0.1) is 0 Å². The fourth-order valence-corrected chi connectivity index (χ4v) is 5.13. The molecule has 0 unspecified atom stereocenters. The zero-order chi connectivity index (χ0) is 35.6. The molecule has 3 rings (SSSR count). The van der Waals surface area contributed by atoms with Crippen molar-refractivity contribution in [1.29, 1.82) is 0 Å². The van der Waals surface area contributed by atoms with Crippen molar-refractivity contribution in [2.75, 3.05) is 20.3 Å². The summed E-state index contributed by atoms with van der Waals surface area (Å²) < 4.78 is 8.51. The van der Waals surface area contributed by atoms with Crippen molar-refractivity contribution >= 4 is 58.5 Å². The summed E-state index contributed by atoms with van der Waals surface area (Å²) in [5, 5.41) is 16.6. The number of alkyl halides is 3. The Hall–Kier alpha value is -3.26. The SMILES string of the molecule is C=C(C)[C@H](NC(=O)CCc1ccc(-c2cc(COC)cc([C@@H](C)O)c2)cn1)C(=O)N[C@@H](C)C(=O)N1CCC[C@@H](C(=O)OCC(Cl)(Cl)Cl)N1. The molecule has 2 aromatic rings. The molecule has 1 aliphatic rings. The smallest absolute Gasteiger partial charge is 0.325 e. The molecule has 48 heavy (non-hydrogen) atoms. The molecule has 1 aliphatic heterocycles. The maximum absolute atomic E-state index is 13.1. The number of benzene rings is 1. The van der Waals surface area contributed by atoms with Gasteiger partial charge in [0.2, 0.25) is 15.6 Å². The van der Waals surface area contributed by atoms with E-state index in [1.807, 2.05) is 30.3 Å². The molecule has 1 fully saturated rings. The van der Waals surface area contributed by atoms with Crippen LogP contribution >= 0.6 is 34.8 Å². The maximum Gasteiger partial charge on any atom is 0.325 e. The summed E-state index contributed by atoms with van der Waals surface area (Å²) in [4.78, 5) is 56.0. The third-order valence-corrected chi connectivity index (χ3v) is 7.81. The predicted octanol–water partition coefficient (Wildman–Crippen LogP) is 3.86. The first kappa shape index (κ1) is 39.2. The lowest BCUT2D eigenvalue weighted by molar-refractivity contribution is -0.152. The molecule has 1 aromatic carbocycles. The van der Waals surface area contributed by atoms with Gasteiger partial charge in [0.15, 0.2) is 0 Å². The third-order valence-electron chi connectivity index (χ3n) is 7.48. The number of aliphatic hydroxyl groups is 1. The molecule has 0 saturated carbocycles. The van der Waals surface area contributed by atoms with Crippen molar-refractivity contribution in [2.45, 2.75) is 81.1 Å². The number of aromatic nitrogens is 1. The second-order valence-electron chi connectivity index (χ2n) is 11.7. The first-order chi connectivity index (χ1) is 22.6. The Kier molecular flexibility index (Phi) is 14.6. The highest BCUT2D eigenvalue weighted by Gasteiger charge is 2.34. The first-order valence-electron chi connectivity index (χ1n) is 15.4. The van der Waals surface area contributed by atoms with Gasteiger partial charge in [0.05, 0.1) is 12.7 Å². The Morgan fingerprint density at radius 2 is 1.88 bits per heavy atom. The minimum atomic E-state index is -1.76. The van der Waals surface area contributed by atoms with Crippen LogP contribution in [0.5, 0.6) is 0 Å². The van der Waals surface area contributed by atoms with Gasteiger partial charge in [-0.1, -0.05) is 53.5 Å². The number of esters is 1. The van der Waals surface area contributed by atoms with Crippen LogP contribution in [0.15, 0.2) is 48.7 Å². The second kappa shape index (κ2) is 17.9. The maximum atomic E-state index is 13.1. The summed E-state index contributed by atoms with van der Waals surface area (Å²) in [5.41, 5.74) is 7.29. The zero-order valence-corrected chi connectivity index (χ0v) is 29.6. The molecule has 0 radical (unpaired) electrons. The molecular weight excluding hydrogens is 685 g/mol. The fourth-order valence-electron chi connectivity index (χ4n) is 4.97. The molecule has 3 amide bonds. The Labute approximate surface area is 295 Å². The van der Waals surface area contributed by atoms with Crippen molar-refractivity contribution in [3.05, 3.63) is 65.5 Å². The predicted molar refractivity (Wildman–Crippen MR) is 183 cm³/mol. The van der Waals surface area contributed by atoms with E-state index < -0.39 is 58.3 Å². The Balaban J connectivity index is 1.54. The van der Waals surface area contributed by atoms with Crippen LogP contribution in [0.3, 0.4) is 0 Å². The van der Waals surface area contributed by atoms with Gasteiger partial charge in [-0.2, -0.15) is 0 Å². The largest absolute Gasteiger partial charge is 0.460 e. The van der Waals surface area contributed by atoms with Gasteiger partial charge in [-0.05, 0) is 80.5 Å². The molecule has 15 heteroatoms. The van der Waals surface area contributed by atoms with E-state index in [1.54, 1.807) is 27.2 Å². The highest BCUT2D eigenvalue weighted by atomic mass is 35.6. The van der Waals surface area contributed by atoms with Crippen molar-refractivity contribution in [3.63, 3.8) is 0 Å². The number of aryl methyl sites for hydroxylation is 1. The lowest BCUT2D eigenvalue weighted by Gasteiger charge is -2.34. The number of halogens is 3. The number of hydrazine groups is 1. The van der Waals surface area contributed by atoms with E-state index in [-0.39, 0.29) is 6.42 Å². The van der Waals surface area contributed by atoms with Gasteiger partial charge >= 0.3 is 5.97 Å².